The lowest BCUT2D eigenvalue weighted by Crippen LogP contribution is -2.49. The van der Waals surface area contributed by atoms with Gasteiger partial charge in [-0.3, -0.25) is 15.0 Å². The molecule has 1 heterocycles. The number of urea groups is 1. The first-order valence-electron chi connectivity index (χ1n) is 4.32. The van der Waals surface area contributed by atoms with Gasteiger partial charge in [-0.15, -0.1) is 0 Å². The molecule has 3 amide bonds. The SMILES string of the molecule is C=COC(C)N1C(=O)NC(=O)C1(C)C. The highest BCUT2D eigenvalue weighted by Gasteiger charge is 2.48. The number of carbonyl (C=O) groups is 2. The van der Waals surface area contributed by atoms with Crippen LogP contribution in [0.15, 0.2) is 12.8 Å². The number of nitrogens with one attached hydrogen (secondary N) is 1. The molecule has 0 bridgehead atoms. The highest BCUT2D eigenvalue weighted by molar-refractivity contribution is 6.06. The van der Waals surface area contributed by atoms with E-state index in [1.54, 1.807) is 20.8 Å². The van der Waals surface area contributed by atoms with Crippen LogP contribution in [0.5, 0.6) is 0 Å². The topological polar surface area (TPSA) is 58.6 Å². The number of ether oxygens (including phenoxy) is 1. The predicted octanol–water partition coefficient (Wildman–Crippen LogP) is 0.823. The van der Waals surface area contributed by atoms with Gasteiger partial charge in [-0.05, 0) is 20.8 Å². The Morgan fingerprint density at radius 1 is 1.57 bits per heavy atom. The molecule has 1 atom stereocenters. The summed E-state index contributed by atoms with van der Waals surface area (Å²) in [5.74, 6) is -0.318. The number of amides is 3. The highest BCUT2D eigenvalue weighted by atomic mass is 16.5. The first-order chi connectivity index (χ1) is 6.41. The minimum atomic E-state index is -0.875. The Morgan fingerprint density at radius 2 is 2.14 bits per heavy atom. The van der Waals surface area contributed by atoms with E-state index in [-0.39, 0.29) is 5.91 Å². The van der Waals surface area contributed by atoms with E-state index in [0.29, 0.717) is 0 Å². The van der Waals surface area contributed by atoms with Gasteiger partial charge in [0.15, 0.2) is 6.23 Å². The van der Waals surface area contributed by atoms with E-state index in [2.05, 4.69) is 11.9 Å². The molecule has 0 aliphatic carbocycles. The maximum Gasteiger partial charge on any atom is 0.327 e. The van der Waals surface area contributed by atoms with Crippen molar-refractivity contribution in [2.45, 2.75) is 32.5 Å². The van der Waals surface area contributed by atoms with E-state index in [9.17, 15) is 9.59 Å². The van der Waals surface area contributed by atoms with Crippen LogP contribution >= 0.6 is 0 Å². The summed E-state index contributed by atoms with van der Waals surface area (Å²) >= 11 is 0. The van der Waals surface area contributed by atoms with Crippen molar-refractivity contribution in [1.29, 1.82) is 0 Å². The van der Waals surface area contributed by atoms with Crippen LogP contribution in [0.2, 0.25) is 0 Å². The molecule has 14 heavy (non-hydrogen) atoms. The van der Waals surface area contributed by atoms with Crippen LogP contribution in [0.4, 0.5) is 4.79 Å². The summed E-state index contributed by atoms with van der Waals surface area (Å²) in [5.41, 5.74) is -0.875. The van der Waals surface area contributed by atoms with E-state index in [1.807, 2.05) is 0 Å². The van der Waals surface area contributed by atoms with Crippen molar-refractivity contribution >= 4 is 11.9 Å². The quantitative estimate of drug-likeness (QED) is 0.539. The van der Waals surface area contributed by atoms with Gasteiger partial charge in [-0.25, -0.2) is 4.79 Å². The molecule has 0 aromatic heterocycles. The molecule has 0 spiro atoms. The predicted molar refractivity (Wildman–Crippen MR) is 50.2 cm³/mol. The largest absolute Gasteiger partial charge is 0.479 e. The molecular weight excluding hydrogens is 184 g/mol. The summed E-state index contributed by atoms with van der Waals surface area (Å²) in [5, 5.41) is 2.23. The zero-order valence-corrected chi connectivity index (χ0v) is 8.53. The van der Waals surface area contributed by atoms with E-state index in [0.717, 1.165) is 0 Å². The lowest BCUT2D eigenvalue weighted by Gasteiger charge is -2.32. The fourth-order valence-electron chi connectivity index (χ4n) is 1.49. The van der Waals surface area contributed by atoms with Gasteiger partial charge in [0.1, 0.15) is 5.54 Å². The van der Waals surface area contributed by atoms with Crippen molar-refractivity contribution in [3.05, 3.63) is 12.8 Å². The Labute approximate surface area is 82.7 Å². The summed E-state index contributed by atoms with van der Waals surface area (Å²) in [6.07, 6.45) is 0.741. The van der Waals surface area contributed by atoms with E-state index >= 15 is 0 Å². The van der Waals surface area contributed by atoms with Crippen LogP contribution < -0.4 is 5.32 Å². The minimum Gasteiger partial charge on any atom is -0.479 e. The molecule has 1 saturated heterocycles. The van der Waals surface area contributed by atoms with Crippen LogP contribution in [-0.4, -0.2) is 28.6 Å². The van der Waals surface area contributed by atoms with Crippen LogP contribution in [0.25, 0.3) is 0 Å². The van der Waals surface area contributed by atoms with Gasteiger partial charge in [0.05, 0.1) is 6.26 Å². The van der Waals surface area contributed by atoms with Gasteiger partial charge in [0.25, 0.3) is 5.91 Å². The molecular formula is C9H14N2O3. The molecule has 5 heteroatoms. The minimum absolute atomic E-state index is 0.318. The van der Waals surface area contributed by atoms with Crippen molar-refractivity contribution < 1.29 is 14.3 Å². The average molecular weight is 198 g/mol. The maximum atomic E-state index is 11.4. The van der Waals surface area contributed by atoms with Crippen molar-refractivity contribution in [3.63, 3.8) is 0 Å². The van der Waals surface area contributed by atoms with Gasteiger partial charge in [0.2, 0.25) is 0 Å². The van der Waals surface area contributed by atoms with Gasteiger partial charge in [-0.2, -0.15) is 0 Å². The number of imide groups is 1. The number of nitrogens with zero attached hydrogens (tertiary/aromatic N) is 1. The summed E-state index contributed by atoms with van der Waals surface area (Å²) in [4.78, 5) is 24.1. The Hall–Kier alpha value is -1.52. The second-order valence-electron chi connectivity index (χ2n) is 3.59. The molecule has 78 valence electrons. The van der Waals surface area contributed by atoms with Crippen molar-refractivity contribution in [3.8, 4) is 0 Å². The second-order valence-corrected chi connectivity index (χ2v) is 3.59. The fourth-order valence-corrected chi connectivity index (χ4v) is 1.49. The Kier molecular flexibility index (Phi) is 2.51. The first kappa shape index (κ1) is 10.6. The maximum absolute atomic E-state index is 11.4. The van der Waals surface area contributed by atoms with E-state index < -0.39 is 17.8 Å². The molecule has 5 nitrogen and oxygen atoms in total. The van der Waals surface area contributed by atoms with Crippen LogP contribution in [0.3, 0.4) is 0 Å². The lowest BCUT2D eigenvalue weighted by atomic mass is 10.0. The number of carbonyl (C=O) groups excluding carboxylic acids is 2. The Morgan fingerprint density at radius 3 is 2.50 bits per heavy atom. The zero-order chi connectivity index (χ0) is 10.9. The molecule has 0 aromatic rings. The Balaban J connectivity index is 2.91. The molecule has 1 aliphatic heterocycles. The van der Waals surface area contributed by atoms with E-state index in [4.69, 9.17) is 4.74 Å². The molecule has 0 radical (unpaired) electrons. The fraction of sp³-hybridized carbons (Fsp3) is 0.556. The molecule has 1 unspecified atom stereocenters. The smallest absolute Gasteiger partial charge is 0.327 e. The van der Waals surface area contributed by atoms with Crippen LogP contribution in [-0.2, 0) is 9.53 Å². The number of hydrogen-bond acceptors (Lipinski definition) is 3. The lowest BCUT2D eigenvalue weighted by molar-refractivity contribution is -0.128. The average Bonchev–Trinajstić information content (AvgIpc) is 2.22. The molecule has 1 fully saturated rings. The third kappa shape index (κ3) is 1.45. The molecule has 1 rings (SSSR count). The monoisotopic (exact) mass is 198 g/mol. The third-order valence-electron chi connectivity index (χ3n) is 2.25. The van der Waals surface area contributed by atoms with E-state index in [1.165, 1.54) is 11.2 Å². The summed E-state index contributed by atoms with van der Waals surface area (Å²) in [6.45, 7) is 8.41. The molecule has 1 aliphatic rings. The first-order valence-corrected chi connectivity index (χ1v) is 4.32. The molecule has 0 saturated carbocycles. The normalized spacial score (nSPS) is 21.8. The third-order valence-corrected chi connectivity index (χ3v) is 2.25. The van der Waals surface area contributed by atoms with Gasteiger partial charge < -0.3 is 4.74 Å². The number of hydrogen-bond donors (Lipinski definition) is 1. The molecule has 0 aromatic carbocycles. The molecule has 1 N–H and O–H groups in total. The van der Waals surface area contributed by atoms with Crippen molar-refractivity contribution in [2.75, 3.05) is 0 Å². The summed E-state index contributed by atoms with van der Waals surface area (Å²) < 4.78 is 5.06. The van der Waals surface area contributed by atoms with Crippen LogP contribution in [0, 0.1) is 0 Å². The zero-order valence-electron chi connectivity index (χ0n) is 8.53. The highest BCUT2D eigenvalue weighted by Crippen LogP contribution is 2.23. The second kappa shape index (κ2) is 3.32. The summed E-state index contributed by atoms with van der Waals surface area (Å²) in [6, 6.07) is -0.436. The van der Waals surface area contributed by atoms with Crippen molar-refractivity contribution in [1.82, 2.24) is 10.2 Å². The van der Waals surface area contributed by atoms with Gasteiger partial charge in [0, 0.05) is 0 Å². The Bertz CT molecular complexity index is 286. The summed E-state index contributed by atoms with van der Waals surface area (Å²) in [7, 11) is 0. The number of rotatable bonds is 3. The van der Waals surface area contributed by atoms with Crippen LogP contribution in [0.1, 0.15) is 20.8 Å². The standard InChI is InChI=1S/C9H14N2O3/c1-5-14-6(2)11-8(13)10-7(12)9(11,3)4/h5-6H,1H2,2-4H3,(H,10,12,13). The van der Waals surface area contributed by atoms with Gasteiger partial charge in [-0.1, -0.05) is 6.58 Å². The van der Waals surface area contributed by atoms with Gasteiger partial charge >= 0.3 is 6.03 Å². The van der Waals surface area contributed by atoms with Crippen molar-refractivity contribution in [2.24, 2.45) is 0 Å².